The molecule has 24 heavy (non-hydrogen) atoms. The van der Waals surface area contributed by atoms with Gasteiger partial charge < -0.3 is 9.64 Å². The molecule has 6 nitrogen and oxygen atoms in total. The molecule has 0 N–H and O–H groups in total. The molecule has 2 aromatic rings. The van der Waals surface area contributed by atoms with Crippen molar-refractivity contribution in [2.75, 3.05) is 14.1 Å². The smallest absolute Gasteiger partial charge is 0.242 e. The summed E-state index contributed by atoms with van der Waals surface area (Å²) in [6, 6.07) is 7.98. The van der Waals surface area contributed by atoms with Crippen molar-refractivity contribution < 1.29 is 9.53 Å². The average molecular weight is 348 g/mol. The van der Waals surface area contributed by atoms with E-state index in [4.69, 9.17) is 4.74 Å². The lowest BCUT2D eigenvalue weighted by atomic mass is 10.2. The zero-order valence-electron chi connectivity index (χ0n) is 14.8. The Morgan fingerprint density at radius 1 is 1.29 bits per heavy atom. The Morgan fingerprint density at radius 2 is 2.00 bits per heavy atom. The number of thioether (sulfide) groups is 1. The van der Waals surface area contributed by atoms with Crippen LogP contribution in [0.4, 0.5) is 0 Å². The van der Waals surface area contributed by atoms with Crippen LogP contribution in [0.25, 0.3) is 0 Å². The van der Waals surface area contributed by atoms with Crippen LogP contribution < -0.4 is 4.74 Å². The van der Waals surface area contributed by atoms with Crippen LogP contribution in [0.15, 0.2) is 29.4 Å². The molecule has 0 aliphatic rings. The van der Waals surface area contributed by atoms with E-state index in [2.05, 4.69) is 10.2 Å². The molecule has 0 unspecified atom stereocenters. The van der Waals surface area contributed by atoms with Gasteiger partial charge in [0.1, 0.15) is 18.1 Å². The number of aromatic nitrogens is 3. The predicted octanol–water partition coefficient (Wildman–Crippen LogP) is 2.75. The number of hydrogen-bond acceptors (Lipinski definition) is 5. The van der Waals surface area contributed by atoms with Gasteiger partial charge in [-0.2, -0.15) is 0 Å². The summed E-state index contributed by atoms with van der Waals surface area (Å²) in [4.78, 5) is 13.6. The highest BCUT2D eigenvalue weighted by Crippen LogP contribution is 2.28. The number of carbonyl (C=O) groups is 1. The number of ether oxygens (including phenoxy) is 1. The second kappa shape index (κ2) is 8.19. The lowest BCUT2D eigenvalue weighted by molar-refractivity contribution is -0.129. The fraction of sp³-hybridized carbons (Fsp3) is 0.471. The van der Waals surface area contributed by atoms with Gasteiger partial charge >= 0.3 is 0 Å². The molecule has 0 saturated heterocycles. The molecule has 130 valence electrons. The SMILES string of the molecule is Cc1nnc(SCc2ccccc2OC(C)C)n1CC(=O)N(C)C. The lowest BCUT2D eigenvalue weighted by Crippen LogP contribution is -2.27. The van der Waals surface area contributed by atoms with Crippen molar-refractivity contribution in [3.63, 3.8) is 0 Å². The van der Waals surface area contributed by atoms with Crippen LogP contribution >= 0.6 is 11.8 Å². The van der Waals surface area contributed by atoms with E-state index in [9.17, 15) is 4.79 Å². The van der Waals surface area contributed by atoms with E-state index in [-0.39, 0.29) is 18.6 Å². The van der Waals surface area contributed by atoms with Crippen LogP contribution in [-0.2, 0) is 17.1 Å². The second-order valence-electron chi connectivity index (χ2n) is 5.97. The third kappa shape index (κ3) is 4.74. The molecule has 0 atom stereocenters. The Hall–Kier alpha value is -2.02. The van der Waals surface area contributed by atoms with E-state index < -0.39 is 0 Å². The van der Waals surface area contributed by atoms with Crippen molar-refractivity contribution in [1.29, 1.82) is 0 Å². The summed E-state index contributed by atoms with van der Waals surface area (Å²) in [5, 5.41) is 9.04. The first-order valence-electron chi connectivity index (χ1n) is 7.85. The molecule has 2 rings (SSSR count). The number of para-hydroxylation sites is 1. The Balaban J connectivity index is 2.12. The summed E-state index contributed by atoms with van der Waals surface area (Å²) < 4.78 is 7.69. The van der Waals surface area contributed by atoms with Crippen LogP contribution in [-0.4, -0.2) is 45.8 Å². The van der Waals surface area contributed by atoms with E-state index in [0.717, 1.165) is 22.3 Å². The summed E-state index contributed by atoms with van der Waals surface area (Å²) in [5.74, 6) is 2.34. The van der Waals surface area contributed by atoms with Gasteiger partial charge in [0.05, 0.1) is 6.10 Å². The largest absolute Gasteiger partial charge is 0.491 e. The molecular formula is C17H24N4O2S. The third-order valence-corrected chi connectivity index (χ3v) is 4.40. The van der Waals surface area contributed by atoms with Crippen LogP contribution in [0.1, 0.15) is 25.2 Å². The number of hydrogen-bond donors (Lipinski definition) is 0. The number of rotatable bonds is 7. The van der Waals surface area contributed by atoms with Crippen molar-refractivity contribution in [3.05, 3.63) is 35.7 Å². The van der Waals surface area contributed by atoms with Crippen LogP contribution in [0.2, 0.25) is 0 Å². The van der Waals surface area contributed by atoms with Gasteiger partial charge in [0.2, 0.25) is 5.91 Å². The number of carbonyl (C=O) groups excluding carboxylic acids is 1. The normalized spacial score (nSPS) is 10.9. The van der Waals surface area contributed by atoms with Gasteiger partial charge in [0.25, 0.3) is 0 Å². The van der Waals surface area contributed by atoms with Gasteiger partial charge in [-0.05, 0) is 26.8 Å². The molecule has 1 aromatic carbocycles. The minimum atomic E-state index is 0.0169. The quantitative estimate of drug-likeness (QED) is 0.720. The van der Waals surface area contributed by atoms with Crippen molar-refractivity contribution in [2.45, 2.75) is 44.3 Å². The first-order chi connectivity index (χ1) is 11.4. The number of nitrogens with zero attached hydrogens (tertiary/aromatic N) is 4. The number of aryl methyl sites for hydroxylation is 1. The maximum Gasteiger partial charge on any atom is 0.242 e. The molecule has 0 fully saturated rings. The van der Waals surface area contributed by atoms with E-state index in [1.54, 1.807) is 30.8 Å². The van der Waals surface area contributed by atoms with Crippen molar-refractivity contribution in [1.82, 2.24) is 19.7 Å². The molecule has 7 heteroatoms. The zero-order chi connectivity index (χ0) is 17.7. The molecule has 0 aliphatic carbocycles. The van der Waals surface area contributed by atoms with E-state index in [0.29, 0.717) is 5.75 Å². The monoisotopic (exact) mass is 348 g/mol. The zero-order valence-corrected chi connectivity index (χ0v) is 15.6. The maximum absolute atomic E-state index is 12.0. The van der Waals surface area contributed by atoms with Gasteiger partial charge in [-0.1, -0.05) is 30.0 Å². The molecule has 1 aromatic heterocycles. The Bertz CT molecular complexity index is 698. The highest BCUT2D eigenvalue weighted by atomic mass is 32.2. The molecule has 1 heterocycles. The second-order valence-corrected chi connectivity index (χ2v) is 6.91. The van der Waals surface area contributed by atoms with Crippen molar-refractivity contribution in [2.24, 2.45) is 0 Å². The lowest BCUT2D eigenvalue weighted by Gasteiger charge is -2.15. The summed E-state index contributed by atoms with van der Waals surface area (Å²) in [6.45, 7) is 6.13. The number of likely N-dealkylation sites (N-methyl/N-ethyl adjacent to an activating group) is 1. The number of amides is 1. The maximum atomic E-state index is 12.0. The molecular weight excluding hydrogens is 324 g/mol. The van der Waals surface area contributed by atoms with Gasteiger partial charge in [-0.15, -0.1) is 10.2 Å². The fourth-order valence-corrected chi connectivity index (χ4v) is 3.04. The van der Waals surface area contributed by atoms with Gasteiger partial charge in [0, 0.05) is 25.4 Å². The van der Waals surface area contributed by atoms with Gasteiger partial charge in [-0.25, -0.2) is 0 Å². The standard InChI is InChI=1S/C17H24N4O2S/c1-12(2)23-15-9-7-6-8-14(15)11-24-17-19-18-13(3)21(17)10-16(22)20(4)5/h6-9,12H,10-11H2,1-5H3. The fourth-order valence-electron chi connectivity index (χ4n) is 2.06. The summed E-state index contributed by atoms with van der Waals surface area (Å²) in [7, 11) is 3.49. The summed E-state index contributed by atoms with van der Waals surface area (Å²) in [5.41, 5.74) is 1.10. The first-order valence-corrected chi connectivity index (χ1v) is 8.84. The minimum absolute atomic E-state index is 0.0169. The van der Waals surface area contributed by atoms with Gasteiger partial charge in [0.15, 0.2) is 5.16 Å². The van der Waals surface area contributed by atoms with Crippen LogP contribution in [0.5, 0.6) is 5.75 Å². The van der Waals surface area contributed by atoms with Gasteiger partial charge in [-0.3, -0.25) is 9.36 Å². The summed E-state index contributed by atoms with van der Waals surface area (Å²) >= 11 is 1.55. The third-order valence-electron chi connectivity index (χ3n) is 3.39. The molecule has 0 aliphatic heterocycles. The highest BCUT2D eigenvalue weighted by Gasteiger charge is 2.15. The Labute approximate surface area is 147 Å². The molecule has 0 saturated carbocycles. The molecule has 0 spiro atoms. The summed E-state index contributed by atoms with van der Waals surface area (Å²) in [6.07, 6.45) is 0.125. The van der Waals surface area contributed by atoms with Crippen LogP contribution in [0, 0.1) is 6.92 Å². The Morgan fingerprint density at radius 3 is 2.67 bits per heavy atom. The van der Waals surface area contributed by atoms with Crippen molar-refractivity contribution in [3.8, 4) is 5.75 Å². The van der Waals surface area contributed by atoms with E-state index >= 15 is 0 Å². The molecule has 0 bridgehead atoms. The van der Waals surface area contributed by atoms with Crippen LogP contribution in [0.3, 0.4) is 0 Å². The van der Waals surface area contributed by atoms with Crippen molar-refractivity contribution >= 4 is 17.7 Å². The molecule has 0 radical (unpaired) electrons. The number of benzene rings is 1. The topological polar surface area (TPSA) is 60.3 Å². The highest BCUT2D eigenvalue weighted by molar-refractivity contribution is 7.98. The Kier molecular flexibility index (Phi) is 6.25. The minimum Gasteiger partial charge on any atom is -0.491 e. The van der Waals surface area contributed by atoms with E-state index in [1.807, 2.05) is 49.6 Å². The predicted molar refractivity (Wildman–Crippen MR) is 95.2 cm³/mol. The van der Waals surface area contributed by atoms with E-state index in [1.165, 1.54) is 0 Å². The average Bonchev–Trinajstić information content (AvgIpc) is 2.86. The first kappa shape index (κ1) is 18.3. The molecule has 1 amide bonds.